The van der Waals surface area contributed by atoms with Gasteiger partial charge in [-0.1, -0.05) is 17.3 Å². The van der Waals surface area contributed by atoms with Crippen LogP contribution < -0.4 is 0 Å². The van der Waals surface area contributed by atoms with Crippen molar-refractivity contribution in [2.75, 3.05) is 13.2 Å². The molecule has 5 heteroatoms. The molecule has 0 amide bonds. The topological polar surface area (TPSA) is 49.2 Å². The lowest BCUT2D eigenvalue weighted by Crippen LogP contribution is -2.24. The minimum absolute atomic E-state index is 0.268. The summed E-state index contributed by atoms with van der Waals surface area (Å²) in [7, 11) is 0. The molecule has 0 N–H and O–H groups in total. The van der Waals surface area contributed by atoms with E-state index in [-0.39, 0.29) is 6.29 Å². The molecule has 0 spiro atoms. The molecule has 92 valence electrons. The molecule has 1 aromatic heterocycles. The predicted octanol–water partition coefficient (Wildman–Crippen LogP) is 1.83. The highest BCUT2D eigenvalue weighted by molar-refractivity contribution is 5.73. The first kappa shape index (κ1) is 12.0. The number of rotatable bonds is 6. The van der Waals surface area contributed by atoms with Gasteiger partial charge in [0, 0.05) is 13.2 Å². The van der Waals surface area contributed by atoms with E-state index in [0.717, 1.165) is 11.0 Å². The number of fused-ring (bicyclic) bond motifs is 1. The van der Waals surface area contributed by atoms with Gasteiger partial charge in [0.25, 0.3) is 0 Å². The van der Waals surface area contributed by atoms with Crippen LogP contribution in [-0.2, 0) is 16.0 Å². The van der Waals surface area contributed by atoms with Gasteiger partial charge in [-0.25, -0.2) is 4.68 Å². The maximum absolute atomic E-state index is 5.49. The summed E-state index contributed by atoms with van der Waals surface area (Å²) in [5.74, 6) is 0. The summed E-state index contributed by atoms with van der Waals surface area (Å²) >= 11 is 0. The molecule has 0 saturated carbocycles. The van der Waals surface area contributed by atoms with Crippen molar-refractivity contribution in [2.24, 2.45) is 0 Å². The van der Waals surface area contributed by atoms with Crippen molar-refractivity contribution >= 4 is 11.0 Å². The zero-order valence-electron chi connectivity index (χ0n) is 10.2. The van der Waals surface area contributed by atoms with Gasteiger partial charge in [-0.05, 0) is 26.0 Å². The van der Waals surface area contributed by atoms with E-state index in [1.807, 2.05) is 42.8 Å². The summed E-state index contributed by atoms with van der Waals surface area (Å²) < 4.78 is 12.8. The molecule has 0 bridgehead atoms. The van der Waals surface area contributed by atoms with Crippen molar-refractivity contribution in [1.82, 2.24) is 15.0 Å². The highest BCUT2D eigenvalue weighted by Crippen LogP contribution is 2.11. The second kappa shape index (κ2) is 5.75. The van der Waals surface area contributed by atoms with E-state index in [1.165, 1.54) is 0 Å². The predicted molar refractivity (Wildman–Crippen MR) is 64.6 cm³/mol. The lowest BCUT2D eigenvalue weighted by molar-refractivity contribution is -0.144. The molecule has 0 fully saturated rings. The number of benzene rings is 1. The number of ether oxygens (including phenoxy) is 2. The highest BCUT2D eigenvalue weighted by atomic mass is 16.7. The minimum atomic E-state index is -0.268. The summed E-state index contributed by atoms with van der Waals surface area (Å²) in [6, 6.07) is 7.85. The van der Waals surface area contributed by atoms with Crippen LogP contribution in [0.5, 0.6) is 0 Å². The van der Waals surface area contributed by atoms with Crippen LogP contribution in [0.1, 0.15) is 13.8 Å². The van der Waals surface area contributed by atoms with Crippen molar-refractivity contribution < 1.29 is 9.47 Å². The van der Waals surface area contributed by atoms with Crippen LogP contribution in [0.4, 0.5) is 0 Å². The largest absolute Gasteiger partial charge is 0.351 e. The maximum Gasteiger partial charge on any atom is 0.177 e. The molecule has 2 rings (SSSR count). The second-order valence-electron chi connectivity index (χ2n) is 3.60. The maximum atomic E-state index is 5.49. The molecule has 0 radical (unpaired) electrons. The Morgan fingerprint density at radius 3 is 2.59 bits per heavy atom. The lowest BCUT2D eigenvalue weighted by Gasteiger charge is -2.16. The van der Waals surface area contributed by atoms with E-state index in [0.29, 0.717) is 19.8 Å². The van der Waals surface area contributed by atoms with Crippen LogP contribution in [0.3, 0.4) is 0 Å². The number of hydrogen-bond donors (Lipinski definition) is 0. The first-order chi connectivity index (χ1) is 8.35. The van der Waals surface area contributed by atoms with Crippen LogP contribution in [0.2, 0.25) is 0 Å². The molecule has 0 unspecified atom stereocenters. The van der Waals surface area contributed by atoms with Crippen molar-refractivity contribution in [2.45, 2.75) is 26.7 Å². The van der Waals surface area contributed by atoms with E-state index in [4.69, 9.17) is 9.47 Å². The number of nitrogens with zero attached hydrogens (tertiary/aromatic N) is 3. The van der Waals surface area contributed by atoms with Crippen LogP contribution in [0, 0.1) is 0 Å². The van der Waals surface area contributed by atoms with Gasteiger partial charge >= 0.3 is 0 Å². The average molecular weight is 235 g/mol. The number of para-hydroxylation sites is 1. The molecule has 5 nitrogen and oxygen atoms in total. The van der Waals surface area contributed by atoms with Gasteiger partial charge in [0.1, 0.15) is 5.52 Å². The van der Waals surface area contributed by atoms with Crippen molar-refractivity contribution in [3.05, 3.63) is 24.3 Å². The van der Waals surface area contributed by atoms with Gasteiger partial charge in [0.05, 0.1) is 12.1 Å². The third-order valence-corrected chi connectivity index (χ3v) is 2.45. The van der Waals surface area contributed by atoms with Crippen LogP contribution in [0.25, 0.3) is 11.0 Å². The normalized spacial score (nSPS) is 11.5. The third kappa shape index (κ3) is 2.81. The summed E-state index contributed by atoms with van der Waals surface area (Å²) in [5, 5.41) is 8.20. The lowest BCUT2D eigenvalue weighted by atomic mass is 10.3. The van der Waals surface area contributed by atoms with Crippen molar-refractivity contribution in [1.29, 1.82) is 0 Å². The fourth-order valence-electron chi connectivity index (χ4n) is 1.72. The Bertz CT molecular complexity index is 463. The van der Waals surface area contributed by atoms with E-state index in [9.17, 15) is 0 Å². The van der Waals surface area contributed by atoms with E-state index < -0.39 is 0 Å². The standard InChI is InChI=1S/C12H17N3O2/c1-3-16-12(17-4-2)9-15-11-8-6-5-7-10(11)13-14-15/h5-8,12H,3-4,9H2,1-2H3. The van der Waals surface area contributed by atoms with Gasteiger partial charge < -0.3 is 9.47 Å². The number of aromatic nitrogens is 3. The monoisotopic (exact) mass is 235 g/mol. The molecule has 0 saturated heterocycles. The Kier molecular flexibility index (Phi) is 4.06. The van der Waals surface area contributed by atoms with Gasteiger partial charge in [-0.2, -0.15) is 0 Å². The SMILES string of the molecule is CCOC(Cn1nnc2ccccc21)OCC. The summed E-state index contributed by atoms with van der Waals surface area (Å²) in [5.41, 5.74) is 1.89. The first-order valence-electron chi connectivity index (χ1n) is 5.86. The second-order valence-corrected chi connectivity index (χ2v) is 3.60. The molecular weight excluding hydrogens is 218 g/mol. The average Bonchev–Trinajstić information content (AvgIpc) is 2.74. The molecule has 0 aliphatic rings. The van der Waals surface area contributed by atoms with Crippen LogP contribution in [-0.4, -0.2) is 34.5 Å². The molecule has 2 aromatic rings. The first-order valence-corrected chi connectivity index (χ1v) is 5.86. The van der Waals surface area contributed by atoms with E-state index in [2.05, 4.69) is 10.3 Å². The zero-order valence-corrected chi connectivity index (χ0v) is 10.2. The minimum Gasteiger partial charge on any atom is -0.351 e. The Balaban J connectivity index is 2.15. The third-order valence-electron chi connectivity index (χ3n) is 2.45. The quantitative estimate of drug-likeness (QED) is 0.717. The number of hydrogen-bond acceptors (Lipinski definition) is 4. The Hall–Kier alpha value is -1.46. The fourth-order valence-corrected chi connectivity index (χ4v) is 1.72. The molecule has 1 aromatic carbocycles. The van der Waals surface area contributed by atoms with Crippen molar-refractivity contribution in [3.63, 3.8) is 0 Å². The molecule has 0 aliphatic carbocycles. The van der Waals surface area contributed by atoms with Gasteiger partial charge in [0.15, 0.2) is 6.29 Å². The summed E-state index contributed by atoms with van der Waals surface area (Å²) in [6.45, 7) is 5.70. The highest BCUT2D eigenvalue weighted by Gasteiger charge is 2.12. The van der Waals surface area contributed by atoms with E-state index >= 15 is 0 Å². The molecular formula is C12H17N3O2. The molecule has 0 atom stereocenters. The van der Waals surface area contributed by atoms with Crippen molar-refractivity contribution in [3.8, 4) is 0 Å². The van der Waals surface area contributed by atoms with Crippen LogP contribution in [0.15, 0.2) is 24.3 Å². The molecule has 0 aliphatic heterocycles. The fraction of sp³-hybridized carbons (Fsp3) is 0.500. The summed E-state index contributed by atoms with van der Waals surface area (Å²) in [6.07, 6.45) is -0.268. The van der Waals surface area contributed by atoms with Gasteiger partial charge in [-0.15, -0.1) is 5.10 Å². The molecule has 1 heterocycles. The Morgan fingerprint density at radius 1 is 1.18 bits per heavy atom. The van der Waals surface area contributed by atoms with E-state index in [1.54, 1.807) is 0 Å². The Labute approximate surface area is 100 Å². The smallest absolute Gasteiger partial charge is 0.177 e. The Morgan fingerprint density at radius 2 is 1.88 bits per heavy atom. The summed E-state index contributed by atoms with van der Waals surface area (Å²) in [4.78, 5) is 0. The molecule has 17 heavy (non-hydrogen) atoms. The van der Waals surface area contributed by atoms with Gasteiger partial charge in [-0.3, -0.25) is 0 Å². The zero-order chi connectivity index (χ0) is 12.1. The van der Waals surface area contributed by atoms with Gasteiger partial charge in [0.2, 0.25) is 0 Å². The van der Waals surface area contributed by atoms with Crippen LogP contribution >= 0.6 is 0 Å².